The van der Waals surface area contributed by atoms with Crippen molar-refractivity contribution >= 4 is 40.0 Å². The van der Waals surface area contributed by atoms with Crippen molar-refractivity contribution in [1.82, 2.24) is 15.4 Å². The monoisotopic (exact) mass is 516 g/mol. The van der Waals surface area contributed by atoms with Crippen molar-refractivity contribution in [3.05, 3.63) is 0 Å². The molecule has 1 unspecified atom stereocenters. The summed E-state index contributed by atoms with van der Waals surface area (Å²) in [4.78, 5) is 4.16. The maximum absolute atomic E-state index is 12.1. The van der Waals surface area contributed by atoms with Crippen LogP contribution in [0.15, 0.2) is 4.99 Å². The summed E-state index contributed by atoms with van der Waals surface area (Å²) in [7, 11) is -1.59. The summed E-state index contributed by atoms with van der Waals surface area (Å²) in [6.45, 7) is 2.32. The first kappa shape index (κ1) is 24.9. The average Bonchev–Trinajstić information content (AvgIpc) is 3.16. The van der Waals surface area contributed by atoms with Crippen LogP contribution in [0.1, 0.15) is 57.8 Å². The van der Waals surface area contributed by atoms with Gasteiger partial charge in [0, 0.05) is 33.3 Å². The summed E-state index contributed by atoms with van der Waals surface area (Å²) in [5.41, 5.74) is 0. The Morgan fingerprint density at radius 3 is 2.44 bits per heavy atom. The van der Waals surface area contributed by atoms with Crippen LogP contribution in [0, 0.1) is 5.92 Å². The second kappa shape index (κ2) is 13.9. The van der Waals surface area contributed by atoms with Gasteiger partial charge >= 0.3 is 0 Å². The van der Waals surface area contributed by atoms with Crippen LogP contribution in [0.3, 0.4) is 0 Å². The Labute approximate surface area is 181 Å². The lowest BCUT2D eigenvalue weighted by Crippen LogP contribution is -2.42. The van der Waals surface area contributed by atoms with E-state index in [-0.39, 0.29) is 35.8 Å². The second-order valence-corrected chi connectivity index (χ2v) is 9.30. The van der Waals surface area contributed by atoms with Gasteiger partial charge in [0.05, 0.1) is 11.9 Å². The van der Waals surface area contributed by atoms with Crippen molar-refractivity contribution in [2.75, 3.05) is 39.0 Å². The quantitative estimate of drug-likeness (QED) is 0.179. The van der Waals surface area contributed by atoms with Crippen LogP contribution in [0.2, 0.25) is 0 Å². The van der Waals surface area contributed by atoms with E-state index in [0.29, 0.717) is 19.0 Å². The van der Waals surface area contributed by atoms with E-state index in [4.69, 9.17) is 4.74 Å². The Bertz CT molecular complexity index is 519. The number of halogens is 1. The zero-order chi connectivity index (χ0) is 18.7. The Morgan fingerprint density at radius 1 is 1.07 bits per heavy atom. The van der Waals surface area contributed by atoms with Gasteiger partial charge in [0.2, 0.25) is 10.0 Å². The van der Waals surface area contributed by atoms with E-state index in [0.717, 1.165) is 44.8 Å². The number of guanidine groups is 1. The number of nitrogens with one attached hydrogen (secondary N) is 3. The molecule has 27 heavy (non-hydrogen) atoms. The van der Waals surface area contributed by atoms with Gasteiger partial charge in [-0.2, -0.15) is 0 Å². The molecule has 3 N–H and O–H groups in total. The molecule has 9 heteroatoms. The van der Waals surface area contributed by atoms with Crippen molar-refractivity contribution in [3.63, 3.8) is 0 Å². The fraction of sp³-hybridized carbons (Fsp3) is 0.944. The van der Waals surface area contributed by atoms with Gasteiger partial charge in [0.15, 0.2) is 5.96 Å². The number of nitrogens with zero attached hydrogens (tertiary/aromatic N) is 1. The topological polar surface area (TPSA) is 91.8 Å². The summed E-state index contributed by atoms with van der Waals surface area (Å²) in [5, 5.41) is 6.35. The molecule has 0 bridgehead atoms. The van der Waals surface area contributed by atoms with Gasteiger partial charge in [0.1, 0.15) is 0 Å². The molecule has 2 aliphatic rings. The van der Waals surface area contributed by atoms with Crippen molar-refractivity contribution in [2.45, 2.75) is 63.9 Å². The molecule has 2 rings (SSSR count). The lowest BCUT2D eigenvalue weighted by Gasteiger charge is -2.22. The molecular formula is C18H37IN4O3S. The highest BCUT2D eigenvalue weighted by molar-refractivity contribution is 14.0. The van der Waals surface area contributed by atoms with E-state index in [1.807, 2.05) is 0 Å². The minimum absolute atomic E-state index is 0. The molecular weight excluding hydrogens is 479 g/mol. The maximum atomic E-state index is 12.1. The van der Waals surface area contributed by atoms with Crippen molar-refractivity contribution in [1.29, 1.82) is 0 Å². The Hall–Kier alpha value is -0.130. The number of hydrogen-bond donors (Lipinski definition) is 3. The van der Waals surface area contributed by atoms with Gasteiger partial charge in [-0.1, -0.05) is 25.7 Å². The molecule has 7 nitrogen and oxygen atoms in total. The molecule has 1 saturated heterocycles. The first-order valence-corrected chi connectivity index (χ1v) is 11.8. The fourth-order valence-corrected chi connectivity index (χ4v) is 4.64. The minimum atomic E-state index is -3.30. The van der Waals surface area contributed by atoms with Crippen LogP contribution in [0.25, 0.3) is 0 Å². The van der Waals surface area contributed by atoms with Crippen molar-refractivity contribution < 1.29 is 13.2 Å². The molecule has 1 saturated carbocycles. The number of hydrogen-bond acceptors (Lipinski definition) is 4. The normalized spacial score (nSPS) is 21.7. The third-order valence-corrected chi connectivity index (χ3v) is 6.60. The first-order valence-electron chi connectivity index (χ1n) is 10.1. The van der Waals surface area contributed by atoms with Crippen LogP contribution in [0.5, 0.6) is 0 Å². The molecule has 0 amide bonds. The SMILES string of the molecule is CN=C(NCCCC1CCCC1)NCCS(=O)(=O)NCC1CCCCO1.I. The molecule has 0 aromatic carbocycles. The predicted octanol–water partition coefficient (Wildman–Crippen LogP) is 2.23. The summed E-state index contributed by atoms with van der Waals surface area (Å²) in [5.74, 6) is 1.60. The van der Waals surface area contributed by atoms with E-state index in [9.17, 15) is 8.42 Å². The summed E-state index contributed by atoms with van der Waals surface area (Å²) in [6, 6.07) is 0. The largest absolute Gasteiger partial charge is 0.377 e. The Kier molecular flexibility index (Phi) is 12.9. The molecule has 1 atom stereocenters. The molecule has 1 aliphatic heterocycles. The van der Waals surface area contributed by atoms with E-state index in [1.165, 1.54) is 32.1 Å². The minimum Gasteiger partial charge on any atom is -0.377 e. The molecule has 0 spiro atoms. The highest BCUT2D eigenvalue weighted by Crippen LogP contribution is 2.28. The molecule has 0 aromatic heterocycles. The molecule has 2 fully saturated rings. The predicted molar refractivity (Wildman–Crippen MR) is 121 cm³/mol. The maximum Gasteiger partial charge on any atom is 0.213 e. The number of sulfonamides is 1. The number of rotatable bonds is 10. The Balaban J connectivity index is 0.00000364. The summed E-state index contributed by atoms with van der Waals surface area (Å²) in [6.07, 6.45) is 11.1. The molecule has 0 aromatic rings. The van der Waals surface area contributed by atoms with Crippen LogP contribution in [0.4, 0.5) is 0 Å². The van der Waals surface area contributed by atoms with Gasteiger partial charge in [-0.05, 0) is 38.0 Å². The zero-order valence-corrected chi connectivity index (χ0v) is 19.7. The van der Waals surface area contributed by atoms with E-state index in [2.05, 4.69) is 20.3 Å². The molecule has 0 radical (unpaired) electrons. The summed E-state index contributed by atoms with van der Waals surface area (Å²) < 4.78 is 32.4. The van der Waals surface area contributed by atoms with Crippen LogP contribution in [-0.4, -0.2) is 59.5 Å². The van der Waals surface area contributed by atoms with Gasteiger partial charge < -0.3 is 15.4 Å². The third kappa shape index (κ3) is 10.8. The molecule has 1 aliphatic carbocycles. The number of aliphatic imine (C=N–C) groups is 1. The summed E-state index contributed by atoms with van der Waals surface area (Å²) >= 11 is 0. The second-order valence-electron chi connectivity index (χ2n) is 7.37. The lowest BCUT2D eigenvalue weighted by molar-refractivity contribution is 0.0200. The van der Waals surface area contributed by atoms with E-state index in [1.54, 1.807) is 7.05 Å². The van der Waals surface area contributed by atoms with Crippen molar-refractivity contribution in [3.8, 4) is 0 Å². The third-order valence-electron chi connectivity index (χ3n) is 5.25. The van der Waals surface area contributed by atoms with Crippen LogP contribution in [-0.2, 0) is 14.8 Å². The average molecular weight is 516 g/mol. The Morgan fingerprint density at radius 2 is 1.78 bits per heavy atom. The van der Waals surface area contributed by atoms with Crippen LogP contribution >= 0.6 is 24.0 Å². The lowest BCUT2D eigenvalue weighted by atomic mass is 10.0. The molecule has 160 valence electrons. The first-order chi connectivity index (χ1) is 12.6. The van der Waals surface area contributed by atoms with Crippen LogP contribution < -0.4 is 15.4 Å². The van der Waals surface area contributed by atoms with Gasteiger partial charge in [-0.15, -0.1) is 24.0 Å². The molecule has 1 heterocycles. The smallest absolute Gasteiger partial charge is 0.213 e. The van der Waals surface area contributed by atoms with E-state index < -0.39 is 10.0 Å². The fourth-order valence-electron chi connectivity index (χ4n) is 3.68. The van der Waals surface area contributed by atoms with Gasteiger partial charge in [-0.25, -0.2) is 13.1 Å². The standard InChI is InChI=1S/C18H36N4O3S.HI/c1-19-18(20-11-6-9-16-7-2-3-8-16)21-12-14-26(23,24)22-15-17-10-4-5-13-25-17;/h16-17,22H,2-15H2,1H3,(H2,19,20,21);1H. The highest BCUT2D eigenvalue weighted by atomic mass is 127. The number of ether oxygens (including phenoxy) is 1. The zero-order valence-electron chi connectivity index (χ0n) is 16.5. The highest BCUT2D eigenvalue weighted by Gasteiger charge is 2.18. The van der Waals surface area contributed by atoms with E-state index >= 15 is 0 Å². The van der Waals surface area contributed by atoms with Crippen molar-refractivity contribution in [2.24, 2.45) is 10.9 Å². The van der Waals surface area contributed by atoms with Gasteiger partial charge in [-0.3, -0.25) is 4.99 Å². The van der Waals surface area contributed by atoms with Gasteiger partial charge in [0.25, 0.3) is 0 Å².